The van der Waals surface area contributed by atoms with Crippen molar-refractivity contribution in [2.75, 3.05) is 0 Å². The van der Waals surface area contributed by atoms with Crippen LogP contribution in [0.3, 0.4) is 0 Å². The van der Waals surface area contributed by atoms with Crippen LogP contribution >= 0.6 is 0 Å². The molecule has 0 aliphatic heterocycles. The van der Waals surface area contributed by atoms with Crippen molar-refractivity contribution in [3.05, 3.63) is 58.7 Å². The van der Waals surface area contributed by atoms with Crippen molar-refractivity contribution < 1.29 is 19.2 Å². The largest absolute Gasteiger partial charge is 0.300 e. The quantitative estimate of drug-likeness (QED) is 0.202. The molecule has 212 valence electrons. The average molecular weight is 533 g/mol. The minimum absolute atomic E-state index is 0.00498. The van der Waals surface area contributed by atoms with E-state index in [4.69, 9.17) is 0 Å². The van der Waals surface area contributed by atoms with Gasteiger partial charge in [-0.15, -0.1) is 0 Å². The molecule has 39 heavy (non-hydrogen) atoms. The molecule has 0 N–H and O–H groups in total. The maximum Gasteiger partial charge on any atom is 0.163 e. The van der Waals surface area contributed by atoms with Crippen molar-refractivity contribution in [3.63, 3.8) is 0 Å². The van der Waals surface area contributed by atoms with Gasteiger partial charge in [-0.1, -0.05) is 90.3 Å². The Hall–Kier alpha value is -2.88. The molecule has 0 heterocycles. The second-order valence-electron chi connectivity index (χ2n) is 11.2. The smallest absolute Gasteiger partial charge is 0.163 e. The summed E-state index contributed by atoms with van der Waals surface area (Å²) in [4.78, 5) is 50.0. The molecule has 3 rings (SSSR count). The van der Waals surface area contributed by atoms with E-state index >= 15 is 0 Å². The predicted octanol–water partition coefficient (Wildman–Crippen LogP) is 8.80. The predicted molar refractivity (Wildman–Crippen MR) is 160 cm³/mol. The third kappa shape index (κ3) is 8.55. The number of benzene rings is 2. The second kappa shape index (κ2) is 15.6. The van der Waals surface area contributed by atoms with Gasteiger partial charge in [-0.05, 0) is 67.2 Å². The SMILES string of the molecule is CCC.CCCC(CC1CC(=O)c2c(C)ccc(-c3ccc(C(=O)CC)cc3)c2C1)C(CC)C(=O)CC(C)=O. The van der Waals surface area contributed by atoms with Crippen LogP contribution in [0.5, 0.6) is 0 Å². The maximum atomic E-state index is 13.4. The van der Waals surface area contributed by atoms with E-state index in [2.05, 4.69) is 26.8 Å². The Bertz CT molecular complexity index is 1140. The average Bonchev–Trinajstić information content (AvgIpc) is 2.89. The van der Waals surface area contributed by atoms with Gasteiger partial charge >= 0.3 is 0 Å². The Morgan fingerprint density at radius 1 is 0.923 bits per heavy atom. The molecule has 2 aromatic rings. The van der Waals surface area contributed by atoms with Crippen LogP contribution in [0.2, 0.25) is 0 Å². The second-order valence-corrected chi connectivity index (χ2v) is 11.2. The van der Waals surface area contributed by atoms with E-state index in [0.717, 1.165) is 59.9 Å². The fraction of sp³-hybridized carbons (Fsp3) is 0.543. The lowest BCUT2D eigenvalue weighted by atomic mass is 9.71. The third-order valence-corrected chi connectivity index (χ3v) is 7.75. The van der Waals surface area contributed by atoms with Crippen molar-refractivity contribution in [2.45, 2.75) is 106 Å². The molecule has 2 aromatic carbocycles. The molecule has 3 unspecified atom stereocenters. The van der Waals surface area contributed by atoms with Crippen molar-refractivity contribution in [1.82, 2.24) is 0 Å². The highest BCUT2D eigenvalue weighted by Gasteiger charge is 2.34. The van der Waals surface area contributed by atoms with Crippen LogP contribution in [0.25, 0.3) is 11.1 Å². The van der Waals surface area contributed by atoms with E-state index in [0.29, 0.717) is 18.4 Å². The number of Topliss-reactive ketones (excluding diaryl/α,β-unsaturated/α-hetero) is 4. The molecule has 1 aliphatic rings. The molecule has 1 aliphatic carbocycles. The van der Waals surface area contributed by atoms with Crippen molar-refractivity contribution >= 4 is 23.1 Å². The number of carbonyl (C=O) groups excluding carboxylic acids is 4. The van der Waals surface area contributed by atoms with Gasteiger partial charge in [-0.3, -0.25) is 19.2 Å². The highest BCUT2D eigenvalue weighted by molar-refractivity contribution is 6.02. The minimum atomic E-state index is -0.133. The van der Waals surface area contributed by atoms with Crippen LogP contribution in [0.1, 0.15) is 125 Å². The zero-order valence-corrected chi connectivity index (χ0v) is 25.2. The zero-order valence-electron chi connectivity index (χ0n) is 25.2. The van der Waals surface area contributed by atoms with E-state index in [1.165, 1.54) is 13.3 Å². The number of rotatable bonds is 12. The van der Waals surface area contributed by atoms with Gasteiger partial charge in [0.05, 0.1) is 6.42 Å². The van der Waals surface area contributed by atoms with Crippen LogP contribution in [-0.4, -0.2) is 23.1 Å². The Labute approximate surface area is 236 Å². The van der Waals surface area contributed by atoms with Gasteiger partial charge in [0.1, 0.15) is 11.6 Å². The lowest BCUT2D eigenvalue weighted by Gasteiger charge is -2.32. The van der Waals surface area contributed by atoms with Gasteiger partial charge in [0.25, 0.3) is 0 Å². The summed E-state index contributed by atoms with van der Waals surface area (Å²) < 4.78 is 0. The van der Waals surface area contributed by atoms with E-state index in [1.807, 2.05) is 51.1 Å². The van der Waals surface area contributed by atoms with E-state index in [1.54, 1.807) is 0 Å². The van der Waals surface area contributed by atoms with Gasteiger partial charge < -0.3 is 0 Å². The Morgan fingerprint density at radius 2 is 1.56 bits per heavy atom. The molecule has 0 saturated carbocycles. The molecule has 0 amide bonds. The number of hydrogen-bond acceptors (Lipinski definition) is 4. The first-order valence-electron chi connectivity index (χ1n) is 14.9. The molecule has 4 heteroatoms. The van der Waals surface area contributed by atoms with Crippen molar-refractivity contribution in [1.29, 1.82) is 0 Å². The van der Waals surface area contributed by atoms with Gasteiger partial charge in [0.2, 0.25) is 0 Å². The fourth-order valence-corrected chi connectivity index (χ4v) is 6.05. The van der Waals surface area contributed by atoms with E-state index < -0.39 is 0 Å². The summed E-state index contributed by atoms with van der Waals surface area (Å²) in [5, 5.41) is 0. The third-order valence-electron chi connectivity index (χ3n) is 7.75. The van der Waals surface area contributed by atoms with Crippen LogP contribution in [-0.2, 0) is 16.0 Å². The molecule has 0 spiro atoms. The van der Waals surface area contributed by atoms with Crippen LogP contribution in [0.4, 0.5) is 0 Å². The summed E-state index contributed by atoms with van der Waals surface area (Å²) >= 11 is 0. The molecule has 0 radical (unpaired) electrons. The minimum Gasteiger partial charge on any atom is -0.300 e. The molecule has 3 atom stereocenters. The molecule has 0 fully saturated rings. The van der Waals surface area contributed by atoms with E-state index in [-0.39, 0.29) is 47.3 Å². The molecular weight excluding hydrogens is 484 g/mol. The molecule has 0 saturated heterocycles. The van der Waals surface area contributed by atoms with Gasteiger partial charge in [0.15, 0.2) is 11.6 Å². The number of fused-ring (bicyclic) bond motifs is 1. The number of carbonyl (C=O) groups is 4. The van der Waals surface area contributed by atoms with Crippen LogP contribution < -0.4 is 0 Å². The first kappa shape index (κ1) is 32.3. The van der Waals surface area contributed by atoms with Crippen molar-refractivity contribution in [3.8, 4) is 11.1 Å². The summed E-state index contributed by atoms with van der Waals surface area (Å²) in [6, 6.07) is 11.8. The highest BCUT2D eigenvalue weighted by atomic mass is 16.1. The lowest BCUT2D eigenvalue weighted by Crippen LogP contribution is -2.30. The van der Waals surface area contributed by atoms with Gasteiger partial charge in [0, 0.05) is 29.9 Å². The highest BCUT2D eigenvalue weighted by Crippen LogP contribution is 2.40. The summed E-state index contributed by atoms with van der Waals surface area (Å²) in [5.74, 6) is 0.477. The van der Waals surface area contributed by atoms with Crippen LogP contribution in [0.15, 0.2) is 36.4 Å². The summed E-state index contributed by atoms with van der Waals surface area (Å²) in [5.41, 5.74) is 5.70. The van der Waals surface area contributed by atoms with E-state index in [9.17, 15) is 19.2 Å². The monoisotopic (exact) mass is 532 g/mol. The zero-order chi connectivity index (χ0) is 29.1. The number of ketones is 4. The van der Waals surface area contributed by atoms with Gasteiger partial charge in [-0.2, -0.15) is 0 Å². The van der Waals surface area contributed by atoms with Gasteiger partial charge in [-0.25, -0.2) is 0 Å². The Kier molecular flexibility index (Phi) is 13.0. The molecular formula is C35H48O4. The Balaban J connectivity index is 0.00000170. The topological polar surface area (TPSA) is 68.3 Å². The number of hydrogen-bond donors (Lipinski definition) is 0. The normalized spacial score (nSPS) is 16.0. The summed E-state index contributed by atoms with van der Waals surface area (Å²) in [6.45, 7) is 13.7. The fourth-order valence-electron chi connectivity index (χ4n) is 6.05. The lowest BCUT2D eigenvalue weighted by molar-refractivity contribution is -0.129. The van der Waals surface area contributed by atoms with Crippen LogP contribution in [0, 0.1) is 24.7 Å². The first-order chi connectivity index (χ1) is 18.6. The van der Waals surface area contributed by atoms with Crippen molar-refractivity contribution in [2.24, 2.45) is 17.8 Å². The molecule has 0 bridgehead atoms. The number of aryl methyl sites for hydroxylation is 1. The molecule has 0 aromatic heterocycles. The standard InChI is InChI=1S/C32H40O4.C3H8/c1-6-9-25(26(7-2)30(35)16-21(5)33)17-22-18-28-27(15-10-20(4)32(28)31(36)19-22)23-11-13-24(14-12-23)29(34)8-3;1-3-2/h10-15,22,25-26H,6-9,16-19H2,1-5H3;3H2,1-2H3. The summed E-state index contributed by atoms with van der Waals surface area (Å²) in [6.07, 6.45) is 6.46. The Morgan fingerprint density at radius 3 is 2.10 bits per heavy atom. The molecule has 4 nitrogen and oxygen atoms in total. The maximum absolute atomic E-state index is 13.4. The summed E-state index contributed by atoms with van der Waals surface area (Å²) in [7, 11) is 0. The first-order valence-corrected chi connectivity index (χ1v) is 14.9.